The van der Waals surface area contributed by atoms with Crippen molar-refractivity contribution in [3.8, 4) is 0 Å². The lowest BCUT2D eigenvalue weighted by Gasteiger charge is -2.39. The minimum absolute atomic E-state index is 0.0261. The Morgan fingerprint density at radius 1 is 1.06 bits per heavy atom. The van der Waals surface area contributed by atoms with E-state index >= 15 is 0 Å². The summed E-state index contributed by atoms with van der Waals surface area (Å²) in [5.74, 6) is 0.0558. The molecule has 1 N–H and O–H groups in total. The third kappa shape index (κ3) is 3.39. The number of amides is 4. The minimum Gasteiger partial charge on any atom is -0.339 e. The Morgan fingerprint density at radius 3 is 2.44 bits per heavy atom. The van der Waals surface area contributed by atoms with Crippen LogP contribution in [0, 0.1) is 5.92 Å². The van der Waals surface area contributed by atoms with E-state index in [0.29, 0.717) is 13.1 Å². The molecule has 0 radical (unpaired) electrons. The number of urea groups is 1. The van der Waals surface area contributed by atoms with Gasteiger partial charge in [-0.1, -0.05) is 24.3 Å². The minimum atomic E-state index is -0.900. The van der Waals surface area contributed by atoms with Crippen LogP contribution in [0.4, 0.5) is 4.79 Å². The van der Waals surface area contributed by atoms with Crippen LogP contribution in [0.1, 0.15) is 64.5 Å². The van der Waals surface area contributed by atoms with Gasteiger partial charge in [-0.3, -0.25) is 14.5 Å². The molecular formula is C27H31N3O3S. The van der Waals surface area contributed by atoms with Gasteiger partial charge in [0, 0.05) is 29.4 Å². The normalized spacial score (nSPS) is 25.4. The zero-order valence-electron chi connectivity index (χ0n) is 19.6. The monoisotopic (exact) mass is 477 g/mol. The Bertz CT molecular complexity index is 1140. The first-order valence-electron chi connectivity index (χ1n) is 12.6. The number of nitrogens with one attached hydrogen (secondary N) is 1. The van der Waals surface area contributed by atoms with Gasteiger partial charge in [0.15, 0.2) is 0 Å². The second-order valence-electron chi connectivity index (χ2n) is 10.5. The smallest absolute Gasteiger partial charge is 0.325 e. The summed E-state index contributed by atoms with van der Waals surface area (Å²) in [5.41, 5.74) is 3.71. The molecule has 178 valence electrons. The first-order valence-corrected chi connectivity index (χ1v) is 13.4. The van der Waals surface area contributed by atoms with Gasteiger partial charge in [-0.25, -0.2) is 4.79 Å². The number of imide groups is 1. The van der Waals surface area contributed by atoms with Crippen LogP contribution in [0.2, 0.25) is 0 Å². The van der Waals surface area contributed by atoms with Crippen LogP contribution in [0.25, 0.3) is 0 Å². The quantitative estimate of drug-likeness (QED) is 0.681. The average molecular weight is 478 g/mol. The summed E-state index contributed by atoms with van der Waals surface area (Å²) in [6, 6.07) is 7.82. The van der Waals surface area contributed by atoms with Crippen LogP contribution in [0.3, 0.4) is 0 Å². The summed E-state index contributed by atoms with van der Waals surface area (Å²) in [5, 5.41) is 5.10. The highest BCUT2D eigenvalue weighted by atomic mass is 32.1. The van der Waals surface area contributed by atoms with Crippen molar-refractivity contribution in [2.24, 2.45) is 5.92 Å². The molecule has 2 aliphatic carbocycles. The van der Waals surface area contributed by atoms with Crippen LogP contribution in [0.15, 0.2) is 29.6 Å². The van der Waals surface area contributed by atoms with Crippen LogP contribution in [-0.4, -0.2) is 52.3 Å². The molecule has 0 spiro atoms. The standard InChI is InChI=1S/C27H31N3O3S/c1-27(25(32)30(26(33)28-27)20-14-17-6-2-3-7-18(17)15-20)19-10-12-29(13-11-19)24(31)22-16-34-23-9-5-4-8-21(22)23/h2-3,6-7,16,19-20H,4-5,8-15H2,1H3,(H,28,33). The molecule has 1 aromatic heterocycles. The number of piperidine rings is 1. The summed E-state index contributed by atoms with van der Waals surface area (Å²) in [6.07, 6.45) is 7.38. The van der Waals surface area contributed by atoms with E-state index in [4.69, 9.17) is 0 Å². The number of nitrogens with zero attached hydrogens (tertiary/aromatic N) is 2. The lowest BCUT2D eigenvalue weighted by atomic mass is 9.78. The third-order valence-corrected chi connectivity index (χ3v) is 9.62. The largest absolute Gasteiger partial charge is 0.339 e. The van der Waals surface area contributed by atoms with Crippen LogP contribution in [-0.2, 0) is 30.5 Å². The first kappa shape index (κ1) is 21.8. The molecule has 2 saturated heterocycles. The Balaban J connectivity index is 1.13. The Labute approximate surface area is 204 Å². The Morgan fingerprint density at radius 2 is 1.74 bits per heavy atom. The van der Waals surface area contributed by atoms with Gasteiger partial charge in [-0.05, 0) is 80.9 Å². The molecule has 6 rings (SSSR count). The number of carbonyl (C=O) groups is 3. The maximum Gasteiger partial charge on any atom is 0.325 e. The zero-order valence-corrected chi connectivity index (χ0v) is 20.5. The predicted octanol–water partition coefficient (Wildman–Crippen LogP) is 3.96. The highest BCUT2D eigenvalue weighted by molar-refractivity contribution is 7.10. The molecule has 0 saturated carbocycles. The number of thiophene rings is 1. The van der Waals surface area contributed by atoms with E-state index in [1.165, 1.54) is 32.9 Å². The molecule has 2 fully saturated rings. The first-order chi connectivity index (χ1) is 16.5. The summed E-state index contributed by atoms with van der Waals surface area (Å²) >= 11 is 1.73. The van der Waals surface area contributed by atoms with Crippen molar-refractivity contribution < 1.29 is 14.4 Å². The summed E-state index contributed by atoms with van der Waals surface area (Å²) in [4.78, 5) is 44.7. The second-order valence-corrected chi connectivity index (χ2v) is 11.4. The molecule has 1 atom stereocenters. The zero-order chi connectivity index (χ0) is 23.4. The van der Waals surface area contributed by atoms with Gasteiger partial charge in [-0.2, -0.15) is 0 Å². The van der Waals surface area contributed by atoms with Gasteiger partial charge in [0.05, 0.1) is 5.56 Å². The third-order valence-electron chi connectivity index (χ3n) is 8.53. The highest BCUT2D eigenvalue weighted by Crippen LogP contribution is 2.37. The fourth-order valence-electron chi connectivity index (χ4n) is 6.51. The Kier molecular flexibility index (Phi) is 5.28. The second kappa shape index (κ2) is 8.22. The van der Waals surface area contributed by atoms with Crippen molar-refractivity contribution >= 4 is 29.2 Å². The molecule has 7 heteroatoms. The number of rotatable bonds is 3. The van der Waals surface area contributed by atoms with Gasteiger partial charge in [0.2, 0.25) is 0 Å². The van der Waals surface area contributed by atoms with Crippen LogP contribution >= 0.6 is 11.3 Å². The van der Waals surface area contributed by atoms with Crippen molar-refractivity contribution in [1.29, 1.82) is 0 Å². The lowest BCUT2D eigenvalue weighted by molar-refractivity contribution is -0.134. The SMILES string of the molecule is CC1(C2CCN(C(=O)c3csc4c3CCCC4)CC2)NC(=O)N(C2Cc3ccccc3C2)C1=O. The van der Waals surface area contributed by atoms with Crippen molar-refractivity contribution in [2.75, 3.05) is 13.1 Å². The van der Waals surface area contributed by atoms with E-state index in [9.17, 15) is 14.4 Å². The molecule has 1 unspecified atom stereocenters. The maximum absolute atomic E-state index is 13.6. The van der Waals surface area contributed by atoms with Gasteiger partial charge in [0.25, 0.3) is 11.8 Å². The number of hydrogen-bond donors (Lipinski definition) is 1. The maximum atomic E-state index is 13.6. The molecule has 2 aromatic rings. The number of carbonyl (C=O) groups excluding carboxylic acids is 3. The van der Waals surface area contributed by atoms with Crippen molar-refractivity contribution in [3.63, 3.8) is 0 Å². The highest BCUT2D eigenvalue weighted by Gasteiger charge is 2.55. The summed E-state index contributed by atoms with van der Waals surface area (Å²) < 4.78 is 0. The Hall–Kier alpha value is -2.67. The average Bonchev–Trinajstić information content (AvgIpc) is 3.53. The van der Waals surface area contributed by atoms with E-state index in [2.05, 4.69) is 17.4 Å². The fourth-order valence-corrected chi connectivity index (χ4v) is 7.63. The number of benzene rings is 1. The van der Waals surface area contributed by atoms with Gasteiger partial charge in [0.1, 0.15) is 5.54 Å². The van der Waals surface area contributed by atoms with Gasteiger partial charge in [-0.15, -0.1) is 11.3 Å². The van der Waals surface area contributed by atoms with Gasteiger partial charge < -0.3 is 10.2 Å². The number of likely N-dealkylation sites (tertiary alicyclic amines) is 1. The topological polar surface area (TPSA) is 69.7 Å². The van der Waals surface area contributed by atoms with Crippen molar-refractivity contribution in [2.45, 2.75) is 69.9 Å². The molecule has 2 aliphatic heterocycles. The van der Waals surface area contributed by atoms with E-state index in [0.717, 1.165) is 50.5 Å². The number of fused-ring (bicyclic) bond motifs is 2. The number of aryl methyl sites for hydroxylation is 1. The fraction of sp³-hybridized carbons (Fsp3) is 0.519. The van der Waals surface area contributed by atoms with E-state index in [1.807, 2.05) is 29.3 Å². The molecule has 3 heterocycles. The van der Waals surface area contributed by atoms with E-state index in [1.54, 1.807) is 11.3 Å². The summed E-state index contributed by atoms with van der Waals surface area (Å²) in [7, 11) is 0. The molecule has 1 aromatic carbocycles. The molecule has 4 aliphatic rings. The molecule has 34 heavy (non-hydrogen) atoms. The molecular weight excluding hydrogens is 446 g/mol. The molecule has 6 nitrogen and oxygen atoms in total. The van der Waals surface area contributed by atoms with Gasteiger partial charge >= 0.3 is 6.03 Å². The van der Waals surface area contributed by atoms with Crippen molar-refractivity contribution in [1.82, 2.24) is 15.1 Å². The van der Waals surface area contributed by atoms with Crippen LogP contribution < -0.4 is 5.32 Å². The van der Waals surface area contributed by atoms with E-state index in [-0.39, 0.29) is 29.8 Å². The molecule has 0 bridgehead atoms. The van der Waals surface area contributed by atoms with Crippen LogP contribution in [0.5, 0.6) is 0 Å². The van der Waals surface area contributed by atoms with Crippen molar-refractivity contribution in [3.05, 3.63) is 56.8 Å². The lowest BCUT2D eigenvalue weighted by Crippen LogP contribution is -2.55. The number of hydrogen-bond acceptors (Lipinski definition) is 4. The predicted molar refractivity (Wildman–Crippen MR) is 131 cm³/mol. The molecule has 4 amide bonds. The summed E-state index contributed by atoms with van der Waals surface area (Å²) in [6.45, 7) is 3.14. The van der Waals surface area contributed by atoms with E-state index < -0.39 is 5.54 Å².